The molecule has 3 aromatic heterocycles. The molecule has 4 aliphatic rings. The number of benzene rings is 1. The van der Waals surface area contributed by atoms with Crippen LogP contribution in [-0.4, -0.2) is 110 Å². The Kier molecular flexibility index (Phi) is 11.2. The maximum absolute atomic E-state index is 13.5. The summed E-state index contributed by atoms with van der Waals surface area (Å²) in [5.41, 5.74) is 3.36. The Bertz CT molecular complexity index is 2350. The molecular weight excluding hydrogens is 763 g/mol. The fourth-order valence-electron chi connectivity index (χ4n) is 8.44. The monoisotopic (exact) mass is 807 g/mol. The predicted octanol–water partition coefficient (Wildman–Crippen LogP) is 3.77. The number of aromatic nitrogens is 4. The van der Waals surface area contributed by atoms with Crippen molar-refractivity contribution in [3.8, 4) is 0 Å². The van der Waals surface area contributed by atoms with Gasteiger partial charge >= 0.3 is 0 Å². The molecule has 0 bridgehead atoms. The summed E-state index contributed by atoms with van der Waals surface area (Å²) in [6, 6.07) is 8.65. The Morgan fingerprint density at radius 3 is 2.50 bits per heavy atom. The fourth-order valence-corrected chi connectivity index (χ4v) is 9.38. The van der Waals surface area contributed by atoms with E-state index in [1.165, 1.54) is 6.92 Å². The van der Waals surface area contributed by atoms with E-state index < -0.39 is 11.9 Å². The number of amides is 4. The molecule has 1 atom stereocenters. The third-order valence-corrected chi connectivity index (χ3v) is 12.5. The first kappa shape index (κ1) is 39.2. The van der Waals surface area contributed by atoms with E-state index in [1.54, 1.807) is 51.5 Å². The minimum atomic E-state index is -0.662. The number of carbonyl (C=O) groups excluding carboxylic acids is 5. The molecule has 58 heavy (non-hydrogen) atoms. The highest BCUT2D eigenvalue weighted by molar-refractivity contribution is 7.99. The van der Waals surface area contributed by atoms with Crippen molar-refractivity contribution in [2.75, 3.05) is 55.4 Å². The van der Waals surface area contributed by atoms with E-state index in [-0.39, 0.29) is 53.7 Å². The molecule has 6 heterocycles. The molecule has 1 unspecified atom stereocenters. The van der Waals surface area contributed by atoms with Crippen LogP contribution in [0.4, 0.5) is 17.5 Å². The maximum atomic E-state index is 13.5. The maximum Gasteiger partial charge on any atom is 0.263 e. The largest absolute Gasteiger partial charge is 0.371 e. The summed E-state index contributed by atoms with van der Waals surface area (Å²) in [5.74, 6) is 0.136. The number of piperazine rings is 1. The third kappa shape index (κ3) is 7.79. The minimum absolute atomic E-state index is 0.0123. The van der Waals surface area contributed by atoms with Crippen molar-refractivity contribution < 1.29 is 28.7 Å². The molecule has 0 radical (unpaired) electrons. The number of ether oxygens (including phenoxy) is 1. The molecular formula is C41H45N9O7S. The topological polar surface area (TPSA) is 189 Å². The molecule has 1 aromatic carbocycles. The van der Waals surface area contributed by atoms with Gasteiger partial charge in [0.15, 0.2) is 5.78 Å². The zero-order valence-electron chi connectivity index (χ0n) is 32.5. The van der Waals surface area contributed by atoms with Gasteiger partial charge in [0.1, 0.15) is 24.1 Å². The normalized spacial score (nSPS) is 18.6. The standard InChI is InChI=1S/C41H45N9O7S/c1-24-29-21-43-41(46-37(29)50(26-6-3-4-7-26)40(56)36(24)25(2)51)44-33-12-10-27(20-42-33)47-14-16-48(17-15-47)35(53)23-57-18-19-58-32-9-5-8-28-30(32)22-49(39(28)55)31-11-13-34(52)45-38(31)54/h5,8-10,12,20-21,26,31H,3-4,6-7,11,13-19,22-23H2,1-2H3,(H,45,52,54)(H,42,43,44,46). The summed E-state index contributed by atoms with van der Waals surface area (Å²) < 4.78 is 7.45. The highest BCUT2D eigenvalue weighted by Crippen LogP contribution is 2.35. The van der Waals surface area contributed by atoms with E-state index in [1.807, 2.05) is 24.3 Å². The third-order valence-electron chi connectivity index (χ3n) is 11.5. The van der Waals surface area contributed by atoms with Gasteiger partial charge in [-0.25, -0.2) is 9.97 Å². The number of hydrogen-bond donors (Lipinski definition) is 2. The number of fused-ring (bicyclic) bond motifs is 2. The quantitative estimate of drug-likeness (QED) is 0.0912. The smallest absolute Gasteiger partial charge is 0.263 e. The summed E-state index contributed by atoms with van der Waals surface area (Å²) in [6.45, 7) is 6.19. The van der Waals surface area contributed by atoms with Crippen LogP contribution in [-0.2, 0) is 25.7 Å². The number of aryl methyl sites for hydroxylation is 1. The molecule has 2 saturated heterocycles. The van der Waals surface area contributed by atoms with Gasteiger partial charge in [0, 0.05) is 73.0 Å². The van der Waals surface area contributed by atoms with Gasteiger partial charge in [0.05, 0.1) is 24.1 Å². The summed E-state index contributed by atoms with van der Waals surface area (Å²) in [7, 11) is 0. The molecule has 0 spiro atoms. The molecule has 1 saturated carbocycles. The summed E-state index contributed by atoms with van der Waals surface area (Å²) in [6.07, 6.45) is 7.72. The number of Topliss-reactive ketones (excluding diaryl/α,β-unsaturated/α-hetero) is 1. The van der Waals surface area contributed by atoms with Crippen molar-refractivity contribution in [1.29, 1.82) is 0 Å². The van der Waals surface area contributed by atoms with E-state index in [2.05, 4.69) is 25.5 Å². The molecule has 4 aromatic rings. The Balaban J connectivity index is 0.805. The Morgan fingerprint density at radius 2 is 1.78 bits per heavy atom. The molecule has 302 valence electrons. The summed E-state index contributed by atoms with van der Waals surface area (Å²) in [4.78, 5) is 96.4. The number of ketones is 1. The fraction of sp³-hybridized carbons (Fsp3) is 0.439. The van der Waals surface area contributed by atoms with Gasteiger partial charge in [-0.05, 0) is 68.5 Å². The van der Waals surface area contributed by atoms with Crippen molar-refractivity contribution >= 4 is 69.7 Å². The lowest BCUT2D eigenvalue weighted by molar-refractivity contribution is -0.137. The second-order valence-corrected chi connectivity index (χ2v) is 16.2. The van der Waals surface area contributed by atoms with E-state index >= 15 is 0 Å². The van der Waals surface area contributed by atoms with Gasteiger partial charge in [-0.15, -0.1) is 11.8 Å². The van der Waals surface area contributed by atoms with Gasteiger partial charge < -0.3 is 24.8 Å². The van der Waals surface area contributed by atoms with Crippen LogP contribution in [0.15, 0.2) is 52.4 Å². The second-order valence-electron chi connectivity index (χ2n) is 15.1. The Labute approximate surface area is 338 Å². The van der Waals surface area contributed by atoms with Gasteiger partial charge in [-0.1, -0.05) is 18.9 Å². The molecule has 16 nitrogen and oxygen atoms in total. The van der Waals surface area contributed by atoms with Gasteiger partial charge in [0.2, 0.25) is 23.7 Å². The van der Waals surface area contributed by atoms with Crippen molar-refractivity contribution in [1.82, 2.24) is 34.6 Å². The molecule has 3 aliphatic heterocycles. The highest BCUT2D eigenvalue weighted by Gasteiger charge is 2.40. The number of piperidine rings is 1. The number of nitrogens with one attached hydrogen (secondary N) is 2. The van der Waals surface area contributed by atoms with E-state index in [9.17, 15) is 28.8 Å². The molecule has 1 aliphatic carbocycles. The number of imide groups is 1. The summed E-state index contributed by atoms with van der Waals surface area (Å²) >= 11 is 1.54. The lowest BCUT2D eigenvalue weighted by Crippen LogP contribution is -2.52. The average molecular weight is 808 g/mol. The average Bonchev–Trinajstić information content (AvgIpc) is 3.86. The van der Waals surface area contributed by atoms with Crippen LogP contribution in [0.1, 0.15) is 83.3 Å². The Hall–Kier alpha value is -5.68. The first-order chi connectivity index (χ1) is 28.1. The van der Waals surface area contributed by atoms with Crippen LogP contribution in [0.25, 0.3) is 11.0 Å². The number of nitrogens with zero attached hydrogens (tertiary/aromatic N) is 7. The van der Waals surface area contributed by atoms with Crippen LogP contribution in [0.2, 0.25) is 0 Å². The van der Waals surface area contributed by atoms with Crippen LogP contribution in [0.5, 0.6) is 0 Å². The molecule has 4 amide bonds. The first-order valence-electron chi connectivity index (χ1n) is 19.7. The lowest BCUT2D eigenvalue weighted by Gasteiger charge is -2.36. The number of pyridine rings is 2. The zero-order chi connectivity index (χ0) is 40.5. The first-order valence-corrected chi connectivity index (χ1v) is 20.7. The number of rotatable bonds is 12. The van der Waals surface area contributed by atoms with E-state index in [4.69, 9.17) is 9.72 Å². The molecule has 8 rings (SSSR count). The number of thioether (sulfide) groups is 1. The minimum Gasteiger partial charge on any atom is -0.371 e. The van der Waals surface area contributed by atoms with Crippen molar-refractivity contribution in [3.63, 3.8) is 0 Å². The number of hydrogen-bond acceptors (Lipinski definition) is 13. The van der Waals surface area contributed by atoms with Gasteiger partial charge in [-0.3, -0.25) is 38.7 Å². The van der Waals surface area contributed by atoms with Crippen LogP contribution in [0, 0.1) is 6.92 Å². The van der Waals surface area contributed by atoms with E-state index in [0.29, 0.717) is 85.4 Å². The van der Waals surface area contributed by atoms with Crippen molar-refractivity contribution in [2.24, 2.45) is 0 Å². The summed E-state index contributed by atoms with van der Waals surface area (Å²) in [5, 5.41) is 6.19. The van der Waals surface area contributed by atoms with Crippen LogP contribution in [0.3, 0.4) is 0 Å². The second kappa shape index (κ2) is 16.7. The highest BCUT2D eigenvalue weighted by atomic mass is 32.2. The van der Waals surface area contributed by atoms with Crippen molar-refractivity contribution in [2.45, 2.75) is 75.9 Å². The van der Waals surface area contributed by atoms with Crippen LogP contribution >= 0.6 is 11.8 Å². The molecule has 17 heteroatoms. The predicted molar refractivity (Wildman–Crippen MR) is 216 cm³/mol. The number of carbonyl (C=O) groups is 5. The zero-order valence-corrected chi connectivity index (χ0v) is 33.3. The van der Waals surface area contributed by atoms with Gasteiger partial charge in [-0.2, -0.15) is 4.98 Å². The SMILES string of the molecule is CC(=O)c1c(C)c2cnc(Nc3ccc(N4CCN(C(=O)COCCSc5cccc6c5CN(C5CCC(=O)NC5=O)C6=O)CC4)cn3)nc2n(C2CCCC2)c1=O. The molecule has 3 fully saturated rings. The van der Waals surface area contributed by atoms with Crippen LogP contribution < -0.4 is 21.1 Å². The Morgan fingerprint density at radius 1 is 0.983 bits per heavy atom. The molecule has 2 N–H and O–H groups in total. The van der Waals surface area contributed by atoms with Gasteiger partial charge in [0.25, 0.3) is 11.5 Å². The lowest BCUT2D eigenvalue weighted by atomic mass is 10.0. The number of anilines is 3. The van der Waals surface area contributed by atoms with E-state index in [0.717, 1.165) is 41.8 Å². The van der Waals surface area contributed by atoms with Crippen molar-refractivity contribution in [3.05, 3.63) is 75.3 Å².